The molecule has 0 aromatic heterocycles. The van der Waals surface area contributed by atoms with Gasteiger partial charge in [-0.25, -0.2) is 4.79 Å². The van der Waals surface area contributed by atoms with Gasteiger partial charge in [0.1, 0.15) is 6.61 Å². The van der Waals surface area contributed by atoms with Gasteiger partial charge in [-0.2, -0.15) is 0 Å². The van der Waals surface area contributed by atoms with Crippen molar-refractivity contribution in [3.63, 3.8) is 0 Å². The number of carbonyl (C=O) groups is 3. The van der Waals surface area contributed by atoms with Crippen molar-refractivity contribution in [3.8, 4) is 11.1 Å². The van der Waals surface area contributed by atoms with Crippen LogP contribution in [0.25, 0.3) is 11.1 Å². The Morgan fingerprint density at radius 1 is 0.944 bits per heavy atom. The summed E-state index contributed by atoms with van der Waals surface area (Å²) in [7, 11) is 0. The molecule has 0 unspecified atom stereocenters. The van der Waals surface area contributed by atoms with E-state index >= 15 is 0 Å². The Morgan fingerprint density at radius 3 is 2.50 bits per heavy atom. The van der Waals surface area contributed by atoms with E-state index in [2.05, 4.69) is 10.2 Å². The predicted octanol–water partition coefficient (Wildman–Crippen LogP) is 4.77. The van der Waals surface area contributed by atoms with Gasteiger partial charge in [0.05, 0.1) is 12.2 Å². The van der Waals surface area contributed by atoms with Crippen molar-refractivity contribution >= 4 is 29.2 Å². The Balaban J connectivity index is 1.08. The maximum atomic E-state index is 12.8. The van der Waals surface area contributed by atoms with Crippen molar-refractivity contribution in [2.24, 2.45) is 0 Å². The molecule has 0 bridgehead atoms. The molecule has 0 saturated carbocycles. The van der Waals surface area contributed by atoms with E-state index in [-0.39, 0.29) is 30.4 Å². The van der Waals surface area contributed by atoms with Crippen LogP contribution in [0, 0.1) is 6.92 Å². The third kappa shape index (κ3) is 3.85. The molecule has 182 valence electrons. The van der Waals surface area contributed by atoms with E-state index in [0.29, 0.717) is 36.5 Å². The zero-order chi connectivity index (χ0) is 24.8. The Labute approximate surface area is 209 Å². The Kier molecular flexibility index (Phi) is 5.57. The number of likely N-dealkylation sites (tertiary alicyclic amines) is 1. The van der Waals surface area contributed by atoms with Gasteiger partial charge in [0.25, 0.3) is 0 Å². The lowest BCUT2D eigenvalue weighted by Crippen LogP contribution is -2.50. The first-order chi connectivity index (χ1) is 17.5. The molecule has 1 saturated heterocycles. The largest absolute Gasteiger partial charge is 0.444 e. The summed E-state index contributed by atoms with van der Waals surface area (Å²) < 4.78 is 5.43. The highest BCUT2D eigenvalue weighted by molar-refractivity contribution is 6.22. The number of nitrogens with zero attached hydrogens (tertiary/aromatic N) is 2. The third-order valence-electron chi connectivity index (χ3n) is 7.41. The lowest BCUT2D eigenvalue weighted by Gasteiger charge is -2.40. The van der Waals surface area contributed by atoms with E-state index in [1.54, 1.807) is 6.07 Å². The summed E-state index contributed by atoms with van der Waals surface area (Å²) in [6, 6.07) is 19.1. The number of fused-ring (bicyclic) bond motifs is 4. The summed E-state index contributed by atoms with van der Waals surface area (Å²) in [5, 5.41) is 2.95. The van der Waals surface area contributed by atoms with Gasteiger partial charge in [-0.15, -0.1) is 0 Å². The Hall–Kier alpha value is -3.97. The Morgan fingerprint density at radius 2 is 1.69 bits per heavy atom. The average Bonchev–Trinajstić information content (AvgIpc) is 3.16. The molecular weight excluding hydrogens is 454 g/mol. The predicted molar refractivity (Wildman–Crippen MR) is 137 cm³/mol. The highest BCUT2D eigenvalue weighted by atomic mass is 16.6. The number of anilines is 2. The van der Waals surface area contributed by atoms with Crippen LogP contribution in [0.2, 0.25) is 0 Å². The molecule has 6 rings (SSSR count). The molecule has 3 aliphatic rings. The number of nitrogens with one attached hydrogen (secondary N) is 1. The number of aryl methyl sites for hydroxylation is 1. The first kappa shape index (κ1) is 22.5. The second-order valence-electron chi connectivity index (χ2n) is 9.70. The second kappa shape index (κ2) is 8.91. The van der Waals surface area contributed by atoms with Crippen molar-refractivity contribution in [3.05, 3.63) is 82.9 Å². The molecule has 0 atom stereocenters. The minimum absolute atomic E-state index is 0.00757. The van der Waals surface area contributed by atoms with Crippen molar-refractivity contribution in [2.45, 2.75) is 32.4 Å². The van der Waals surface area contributed by atoms with Crippen LogP contribution in [0.1, 0.15) is 39.9 Å². The van der Waals surface area contributed by atoms with E-state index in [1.807, 2.05) is 66.4 Å². The maximum absolute atomic E-state index is 12.8. The fraction of sp³-hybridized carbons (Fsp3) is 0.276. The normalized spacial score (nSPS) is 17.3. The van der Waals surface area contributed by atoms with Gasteiger partial charge < -0.3 is 10.1 Å². The van der Waals surface area contributed by atoms with Crippen molar-refractivity contribution in [1.29, 1.82) is 0 Å². The van der Waals surface area contributed by atoms with Crippen LogP contribution in [0.4, 0.5) is 16.2 Å². The van der Waals surface area contributed by atoms with E-state index in [1.165, 1.54) is 0 Å². The topological polar surface area (TPSA) is 79.0 Å². The van der Waals surface area contributed by atoms with Crippen LogP contribution in [0.5, 0.6) is 0 Å². The summed E-state index contributed by atoms with van der Waals surface area (Å²) in [4.78, 5) is 42.1. The van der Waals surface area contributed by atoms with Crippen LogP contribution in [0.15, 0.2) is 60.7 Å². The van der Waals surface area contributed by atoms with Gasteiger partial charge in [-0.1, -0.05) is 48.5 Å². The summed E-state index contributed by atoms with van der Waals surface area (Å²) >= 11 is 0. The zero-order valence-electron chi connectivity index (χ0n) is 20.1. The van der Waals surface area contributed by atoms with Crippen molar-refractivity contribution in [1.82, 2.24) is 4.90 Å². The molecule has 1 N–H and O–H groups in total. The molecule has 2 heterocycles. The van der Waals surface area contributed by atoms with Gasteiger partial charge in [-0.3, -0.25) is 19.4 Å². The van der Waals surface area contributed by atoms with E-state index in [0.717, 1.165) is 40.8 Å². The number of rotatable bonds is 4. The summed E-state index contributed by atoms with van der Waals surface area (Å²) in [5.74, 6) is -0.123. The lowest BCUT2D eigenvalue weighted by molar-refractivity contribution is -0.117. The molecule has 1 fully saturated rings. The number of amides is 2. The molecular formula is C29H27N3O4. The molecule has 3 aromatic rings. The van der Waals surface area contributed by atoms with E-state index in [4.69, 9.17) is 4.74 Å². The lowest BCUT2D eigenvalue weighted by atomic mass is 9.99. The molecule has 0 spiro atoms. The summed E-state index contributed by atoms with van der Waals surface area (Å²) in [6.45, 7) is 4.01. The van der Waals surface area contributed by atoms with Gasteiger partial charge in [-0.05, 0) is 48.6 Å². The molecule has 3 aromatic carbocycles. The van der Waals surface area contributed by atoms with Gasteiger partial charge in [0.2, 0.25) is 5.91 Å². The molecule has 2 aliphatic heterocycles. The zero-order valence-corrected chi connectivity index (χ0v) is 20.1. The number of para-hydroxylation sites is 1. The SMILES string of the molecule is Cc1cccc2c1N(C1CCN(CC(=O)Nc3ccc4c(c3)C(=O)c3ccccc3-4)CC1)C(=O)OC2. The van der Waals surface area contributed by atoms with Crippen LogP contribution < -0.4 is 10.2 Å². The Bertz CT molecular complexity index is 1390. The first-order valence-electron chi connectivity index (χ1n) is 12.3. The van der Waals surface area contributed by atoms with Crippen molar-refractivity contribution < 1.29 is 19.1 Å². The van der Waals surface area contributed by atoms with Crippen LogP contribution in [0.3, 0.4) is 0 Å². The highest BCUT2D eigenvalue weighted by Gasteiger charge is 2.35. The number of piperidine rings is 1. The van der Waals surface area contributed by atoms with Crippen LogP contribution in [-0.4, -0.2) is 48.4 Å². The van der Waals surface area contributed by atoms with Crippen molar-refractivity contribution in [2.75, 3.05) is 29.9 Å². The number of benzene rings is 3. The van der Waals surface area contributed by atoms with Gasteiger partial charge in [0.15, 0.2) is 5.78 Å². The van der Waals surface area contributed by atoms with Gasteiger partial charge >= 0.3 is 6.09 Å². The van der Waals surface area contributed by atoms with Gasteiger partial charge in [0, 0.05) is 41.5 Å². The minimum Gasteiger partial charge on any atom is -0.444 e. The van der Waals surface area contributed by atoms with E-state index in [9.17, 15) is 14.4 Å². The second-order valence-corrected chi connectivity index (χ2v) is 9.70. The standard InChI is InChI=1S/C29H27N3O4/c1-18-5-4-6-19-17-36-29(35)32(27(18)19)21-11-13-31(14-12-21)16-26(33)30-20-9-10-23-22-7-2-3-8-24(22)28(34)25(23)15-20/h2-10,15,21H,11-14,16-17H2,1H3,(H,30,33). The molecule has 7 nitrogen and oxygen atoms in total. The summed E-state index contributed by atoms with van der Waals surface area (Å²) in [5.41, 5.74) is 6.87. The molecule has 0 radical (unpaired) electrons. The number of carbonyl (C=O) groups excluding carboxylic acids is 3. The summed E-state index contributed by atoms with van der Waals surface area (Å²) in [6.07, 6.45) is 1.24. The molecule has 7 heteroatoms. The quantitative estimate of drug-likeness (QED) is 0.454. The van der Waals surface area contributed by atoms with E-state index < -0.39 is 0 Å². The number of ketones is 1. The van der Waals surface area contributed by atoms with Crippen LogP contribution in [-0.2, 0) is 16.1 Å². The monoisotopic (exact) mass is 481 g/mol. The molecule has 1 aliphatic carbocycles. The first-order valence-corrected chi connectivity index (χ1v) is 12.3. The molecule has 36 heavy (non-hydrogen) atoms. The van der Waals surface area contributed by atoms with Crippen LogP contribution >= 0.6 is 0 Å². The number of ether oxygens (including phenoxy) is 1. The smallest absolute Gasteiger partial charge is 0.414 e. The minimum atomic E-state index is -0.290. The highest BCUT2D eigenvalue weighted by Crippen LogP contribution is 2.38. The third-order valence-corrected chi connectivity index (χ3v) is 7.41. The fourth-order valence-corrected chi connectivity index (χ4v) is 5.66. The maximum Gasteiger partial charge on any atom is 0.414 e. The fourth-order valence-electron chi connectivity index (χ4n) is 5.66. The number of hydrogen-bond acceptors (Lipinski definition) is 5. The number of hydrogen-bond donors (Lipinski definition) is 1. The molecule has 2 amide bonds. The average molecular weight is 482 g/mol. The number of cyclic esters (lactones) is 1.